The van der Waals surface area contributed by atoms with Crippen molar-refractivity contribution >= 4 is 11.8 Å². The van der Waals surface area contributed by atoms with E-state index in [1.165, 1.54) is 11.2 Å². The molecule has 2 aromatic rings. The van der Waals surface area contributed by atoms with Gasteiger partial charge in [-0.2, -0.15) is 0 Å². The second-order valence-electron chi connectivity index (χ2n) is 6.22. The summed E-state index contributed by atoms with van der Waals surface area (Å²) in [6.45, 7) is 2.17. The molecule has 7 heteroatoms. The molecule has 1 fully saturated rings. The molecular formula is C18H21N3O4. The van der Waals surface area contributed by atoms with E-state index in [0.717, 1.165) is 11.1 Å². The van der Waals surface area contributed by atoms with Crippen LogP contribution in [0.5, 0.6) is 0 Å². The van der Waals surface area contributed by atoms with Crippen molar-refractivity contribution in [2.75, 3.05) is 20.7 Å². The minimum Gasteiger partial charge on any atom is -0.364 e. The molecule has 2 atom stereocenters. The molecule has 0 aliphatic carbocycles. The minimum absolute atomic E-state index is 0.104. The Morgan fingerprint density at radius 2 is 2.12 bits per heavy atom. The molecular weight excluding hydrogens is 322 g/mol. The Labute approximate surface area is 146 Å². The standard InChI is InChI=1S/C18H21N3O4/c1-12-6-4-5-7-14(12)16-17(24-11-15(22)21(16)3)18(23)20(2)10-13-8-9-25-19-13/h4-9,16-17H,10-11H2,1-3H3/t16-,17+/m1/s1. The summed E-state index contributed by atoms with van der Waals surface area (Å²) in [5.41, 5.74) is 2.57. The summed E-state index contributed by atoms with van der Waals surface area (Å²) in [4.78, 5) is 28.2. The van der Waals surface area contributed by atoms with Gasteiger partial charge in [-0.1, -0.05) is 29.4 Å². The molecule has 132 valence electrons. The van der Waals surface area contributed by atoms with Gasteiger partial charge in [0.15, 0.2) is 6.10 Å². The number of hydrogen-bond donors (Lipinski definition) is 0. The second kappa shape index (κ2) is 7.06. The average Bonchev–Trinajstić information content (AvgIpc) is 3.10. The maximum absolute atomic E-state index is 13.0. The lowest BCUT2D eigenvalue weighted by molar-refractivity contribution is -0.167. The summed E-state index contributed by atoms with van der Waals surface area (Å²) >= 11 is 0. The predicted molar refractivity (Wildman–Crippen MR) is 89.4 cm³/mol. The van der Waals surface area contributed by atoms with Gasteiger partial charge in [0.1, 0.15) is 18.6 Å². The van der Waals surface area contributed by atoms with Crippen LogP contribution in [0.15, 0.2) is 41.1 Å². The zero-order valence-corrected chi connectivity index (χ0v) is 14.5. The molecule has 0 N–H and O–H groups in total. The first-order valence-electron chi connectivity index (χ1n) is 8.06. The van der Waals surface area contributed by atoms with Crippen molar-refractivity contribution in [3.8, 4) is 0 Å². The van der Waals surface area contributed by atoms with Crippen molar-refractivity contribution in [2.45, 2.75) is 25.6 Å². The Bertz CT molecular complexity index is 759. The van der Waals surface area contributed by atoms with Gasteiger partial charge in [0.05, 0.1) is 12.6 Å². The lowest BCUT2D eigenvalue weighted by Crippen LogP contribution is -2.53. The smallest absolute Gasteiger partial charge is 0.254 e. The Hall–Kier alpha value is -2.67. The lowest BCUT2D eigenvalue weighted by Gasteiger charge is -2.40. The predicted octanol–water partition coefficient (Wildman–Crippen LogP) is 1.54. The summed E-state index contributed by atoms with van der Waals surface area (Å²) in [5, 5.41) is 3.83. The molecule has 1 saturated heterocycles. The highest BCUT2D eigenvalue weighted by Gasteiger charge is 2.41. The first-order chi connectivity index (χ1) is 12.0. The molecule has 1 aliphatic rings. The average molecular weight is 343 g/mol. The summed E-state index contributed by atoms with van der Waals surface area (Å²) in [5.74, 6) is -0.341. The van der Waals surface area contributed by atoms with Crippen molar-refractivity contribution in [1.82, 2.24) is 15.0 Å². The second-order valence-corrected chi connectivity index (χ2v) is 6.22. The van der Waals surface area contributed by atoms with Crippen molar-refractivity contribution < 1.29 is 18.8 Å². The molecule has 0 radical (unpaired) electrons. The fraction of sp³-hybridized carbons (Fsp3) is 0.389. The molecule has 0 saturated carbocycles. The van der Waals surface area contributed by atoms with E-state index in [1.807, 2.05) is 31.2 Å². The highest BCUT2D eigenvalue weighted by molar-refractivity contribution is 5.86. The van der Waals surface area contributed by atoms with Crippen LogP contribution in [0.25, 0.3) is 0 Å². The molecule has 1 aromatic carbocycles. The number of carbonyl (C=O) groups is 2. The Morgan fingerprint density at radius 3 is 2.80 bits per heavy atom. The van der Waals surface area contributed by atoms with Crippen LogP contribution < -0.4 is 0 Å². The van der Waals surface area contributed by atoms with Crippen LogP contribution in [0.3, 0.4) is 0 Å². The van der Waals surface area contributed by atoms with Gasteiger partial charge in [-0.05, 0) is 18.1 Å². The van der Waals surface area contributed by atoms with Crippen LogP contribution in [0.1, 0.15) is 22.9 Å². The number of amides is 2. The van der Waals surface area contributed by atoms with Crippen LogP contribution >= 0.6 is 0 Å². The van der Waals surface area contributed by atoms with Gasteiger partial charge in [-0.25, -0.2) is 0 Å². The monoisotopic (exact) mass is 343 g/mol. The summed E-state index contributed by atoms with van der Waals surface area (Å²) in [6.07, 6.45) is 0.702. The largest absolute Gasteiger partial charge is 0.364 e. The van der Waals surface area contributed by atoms with Crippen LogP contribution in [-0.4, -0.2) is 53.6 Å². The molecule has 7 nitrogen and oxygen atoms in total. The maximum Gasteiger partial charge on any atom is 0.254 e. The number of aromatic nitrogens is 1. The third-order valence-corrected chi connectivity index (χ3v) is 4.50. The summed E-state index contributed by atoms with van der Waals surface area (Å²) < 4.78 is 10.5. The van der Waals surface area contributed by atoms with Gasteiger partial charge < -0.3 is 19.1 Å². The lowest BCUT2D eigenvalue weighted by atomic mass is 9.93. The molecule has 2 heterocycles. The Kier molecular flexibility index (Phi) is 4.85. The van der Waals surface area contributed by atoms with Crippen LogP contribution in [-0.2, 0) is 20.9 Å². The van der Waals surface area contributed by atoms with E-state index in [2.05, 4.69) is 5.16 Å². The van der Waals surface area contributed by atoms with E-state index in [9.17, 15) is 9.59 Å². The number of morpholine rings is 1. The van der Waals surface area contributed by atoms with Gasteiger partial charge in [0, 0.05) is 20.2 Å². The number of rotatable bonds is 4. The minimum atomic E-state index is -0.763. The first-order valence-corrected chi connectivity index (χ1v) is 8.06. The highest BCUT2D eigenvalue weighted by Crippen LogP contribution is 2.32. The molecule has 25 heavy (non-hydrogen) atoms. The third kappa shape index (κ3) is 3.41. The van der Waals surface area contributed by atoms with Gasteiger partial charge in [0.25, 0.3) is 5.91 Å². The topological polar surface area (TPSA) is 75.9 Å². The molecule has 0 unspecified atom stereocenters. The Morgan fingerprint density at radius 1 is 1.36 bits per heavy atom. The number of likely N-dealkylation sites (N-methyl/N-ethyl adjacent to an activating group) is 2. The van der Waals surface area contributed by atoms with Crippen LogP contribution in [0.4, 0.5) is 0 Å². The van der Waals surface area contributed by atoms with E-state index < -0.39 is 12.1 Å². The SMILES string of the molecule is Cc1ccccc1[C@@H]1[C@@H](C(=O)N(C)Cc2ccon2)OCC(=O)N1C. The fourth-order valence-electron chi connectivity index (χ4n) is 3.07. The number of benzene rings is 1. The van der Waals surface area contributed by atoms with Gasteiger partial charge >= 0.3 is 0 Å². The quantitative estimate of drug-likeness (QED) is 0.842. The van der Waals surface area contributed by atoms with E-state index in [-0.39, 0.29) is 18.4 Å². The number of nitrogens with zero attached hydrogens (tertiary/aromatic N) is 3. The van der Waals surface area contributed by atoms with Gasteiger partial charge in [0.2, 0.25) is 5.91 Å². The zero-order valence-electron chi connectivity index (χ0n) is 14.5. The summed E-state index contributed by atoms with van der Waals surface area (Å²) in [7, 11) is 3.39. The van der Waals surface area contributed by atoms with Crippen LogP contribution in [0.2, 0.25) is 0 Å². The van der Waals surface area contributed by atoms with Gasteiger partial charge in [-0.3, -0.25) is 9.59 Å². The van der Waals surface area contributed by atoms with Crippen molar-refractivity contribution in [3.05, 3.63) is 53.4 Å². The van der Waals surface area contributed by atoms with Crippen molar-refractivity contribution in [3.63, 3.8) is 0 Å². The maximum atomic E-state index is 13.0. The van der Waals surface area contributed by atoms with Crippen molar-refractivity contribution in [2.24, 2.45) is 0 Å². The number of hydrogen-bond acceptors (Lipinski definition) is 5. The molecule has 0 bridgehead atoms. The summed E-state index contributed by atoms with van der Waals surface area (Å²) in [6, 6.07) is 8.96. The Balaban J connectivity index is 1.88. The zero-order chi connectivity index (χ0) is 18.0. The van der Waals surface area contributed by atoms with E-state index >= 15 is 0 Å². The molecule has 2 amide bonds. The number of carbonyl (C=O) groups excluding carboxylic acids is 2. The molecule has 0 spiro atoms. The fourth-order valence-corrected chi connectivity index (χ4v) is 3.07. The van der Waals surface area contributed by atoms with Gasteiger partial charge in [-0.15, -0.1) is 0 Å². The molecule has 1 aliphatic heterocycles. The van der Waals surface area contributed by atoms with Crippen LogP contribution in [0, 0.1) is 6.92 Å². The highest BCUT2D eigenvalue weighted by atomic mass is 16.5. The van der Waals surface area contributed by atoms with E-state index in [1.54, 1.807) is 25.1 Å². The first kappa shape index (κ1) is 17.2. The third-order valence-electron chi connectivity index (χ3n) is 4.50. The number of aryl methyl sites for hydroxylation is 1. The molecule has 1 aromatic heterocycles. The normalized spacial score (nSPS) is 20.6. The van der Waals surface area contributed by atoms with Crippen molar-refractivity contribution in [1.29, 1.82) is 0 Å². The van der Waals surface area contributed by atoms with E-state index in [0.29, 0.717) is 12.2 Å². The number of ether oxygens (including phenoxy) is 1. The molecule has 3 rings (SSSR count). The van der Waals surface area contributed by atoms with E-state index in [4.69, 9.17) is 9.26 Å².